The zero-order valence-electron chi connectivity index (χ0n) is 19.0. The minimum atomic E-state index is 0.194. The van der Waals surface area contributed by atoms with E-state index in [1.54, 1.807) is 0 Å². The summed E-state index contributed by atoms with van der Waals surface area (Å²) in [7, 11) is 0. The fraction of sp³-hybridized carbons (Fsp3) is 0.458. The smallest absolute Gasteiger partial charge is 0.231 e. The van der Waals surface area contributed by atoms with Crippen LogP contribution in [0.25, 0.3) is 0 Å². The summed E-state index contributed by atoms with van der Waals surface area (Å²) in [4.78, 5) is 5.02. The van der Waals surface area contributed by atoms with Gasteiger partial charge in [-0.3, -0.25) is 4.90 Å². The average molecular weight is 435 g/mol. The fourth-order valence-electron chi connectivity index (χ4n) is 4.71. The van der Waals surface area contributed by atoms with Gasteiger partial charge >= 0.3 is 0 Å². The van der Waals surface area contributed by atoms with Crippen LogP contribution in [-0.2, 0) is 6.54 Å². The van der Waals surface area contributed by atoms with Crippen molar-refractivity contribution in [2.24, 2.45) is 0 Å². The van der Waals surface area contributed by atoms with E-state index in [-0.39, 0.29) is 12.8 Å². The van der Waals surface area contributed by atoms with Crippen LogP contribution < -0.4 is 14.4 Å². The molecule has 2 aromatic carbocycles. The predicted octanol–water partition coefficient (Wildman–Crippen LogP) is 3.34. The predicted molar refractivity (Wildman–Crippen MR) is 122 cm³/mol. The Bertz CT molecular complexity index is 1090. The number of aromatic nitrogens is 4. The number of benzene rings is 2. The summed E-state index contributed by atoms with van der Waals surface area (Å²) < 4.78 is 12.9. The van der Waals surface area contributed by atoms with Gasteiger partial charge in [-0.25, -0.2) is 4.68 Å². The molecule has 8 nitrogen and oxygen atoms in total. The molecule has 1 aromatic heterocycles. The normalized spacial score (nSPS) is 17.0. The highest BCUT2D eigenvalue weighted by atomic mass is 16.7. The van der Waals surface area contributed by atoms with Crippen molar-refractivity contribution < 1.29 is 9.47 Å². The van der Waals surface area contributed by atoms with Crippen LogP contribution in [0.2, 0.25) is 0 Å². The van der Waals surface area contributed by atoms with E-state index in [1.807, 2.05) is 22.9 Å². The molecule has 3 aromatic rings. The van der Waals surface area contributed by atoms with Gasteiger partial charge in [-0.1, -0.05) is 25.1 Å². The molecule has 5 rings (SSSR count). The lowest BCUT2D eigenvalue weighted by atomic mass is 10.1. The molecule has 8 heteroatoms. The molecule has 1 atom stereocenters. The molecule has 0 radical (unpaired) electrons. The summed E-state index contributed by atoms with van der Waals surface area (Å²) in [6.45, 7) is 11.4. The Hall–Kier alpha value is -3.13. The number of ether oxygens (including phenoxy) is 2. The van der Waals surface area contributed by atoms with Crippen molar-refractivity contribution in [3.05, 3.63) is 58.9 Å². The molecule has 0 N–H and O–H groups in total. The van der Waals surface area contributed by atoms with Gasteiger partial charge in [0.2, 0.25) is 6.79 Å². The Morgan fingerprint density at radius 1 is 0.969 bits per heavy atom. The maximum Gasteiger partial charge on any atom is 0.231 e. The Balaban J connectivity index is 1.29. The summed E-state index contributed by atoms with van der Waals surface area (Å²) in [6, 6.07) is 12.9. The highest BCUT2D eigenvalue weighted by Crippen LogP contribution is 2.33. The van der Waals surface area contributed by atoms with E-state index >= 15 is 0 Å². The molecule has 2 aliphatic heterocycles. The number of rotatable bonds is 6. The number of hydrogen-bond acceptors (Lipinski definition) is 7. The Morgan fingerprint density at radius 2 is 1.78 bits per heavy atom. The molecular formula is C24H30N6O2. The minimum absolute atomic E-state index is 0.194. The first-order chi connectivity index (χ1) is 15.6. The van der Waals surface area contributed by atoms with Crippen molar-refractivity contribution in [1.82, 2.24) is 25.1 Å². The van der Waals surface area contributed by atoms with Crippen LogP contribution in [-0.4, -0.2) is 58.1 Å². The highest BCUT2D eigenvalue weighted by molar-refractivity contribution is 5.55. The number of anilines is 1. The molecule has 0 saturated carbocycles. The van der Waals surface area contributed by atoms with Crippen LogP contribution >= 0.6 is 0 Å². The van der Waals surface area contributed by atoms with Gasteiger partial charge in [0.15, 0.2) is 17.3 Å². The summed E-state index contributed by atoms with van der Waals surface area (Å²) in [6.07, 6.45) is 0.963. The van der Waals surface area contributed by atoms with E-state index in [4.69, 9.17) is 9.47 Å². The lowest BCUT2D eigenvalue weighted by Gasteiger charge is -2.40. The third kappa shape index (κ3) is 4.02. The minimum Gasteiger partial charge on any atom is -0.454 e. The Morgan fingerprint density at radius 3 is 2.59 bits per heavy atom. The molecule has 0 aliphatic carbocycles. The van der Waals surface area contributed by atoms with Gasteiger partial charge in [0.25, 0.3) is 0 Å². The molecule has 0 spiro atoms. The summed E-state index contributed by atoms with van der Waals surface area (Å²) >= 11 is 0. The number of tetrazole rings is 1. The third-order valence-corrected chi connectivity index (χ3v) is 6.47. The van der Waals surface area contributed by atoms with Gasteiger partial charge in [-0.05, 0) is 65.6 Å². The topological polar surface area (TPSA) is 68.5 Å². The molecule has 32 heavy (non-hydrogen) atoms. The lowest BCUT2D eigenvalue weighted by Crippen LogP contribution is -2.48. The van der Waals surface area contributed by atoms with Crippen molar-refractivity contribution in [2.45, 2.75) is 39.8 Å². The second kappa shape index (κ2) is 8.78. The van der Waals surface area contributed by atoms with E-state index in [1.165, 1.54) is 16.8 Å². The lowest BCUT2D eigenvalue weighted by molar-refractivity contribution is 0.169. The van der Waals surface area contributed by atoms with Crippen molar-refractivity contribution in [1.29, 1.82) is 0 Å². The molecule has 0 amide bonds. The molecule has 1 fully saturated rings. The van der Waals surface area contributed by atoms with Crippen LogP contribution in [0.5, 0.6) is 11.5 Å². The van der Waals surface area contributed by atoms with Gasteiger partial charge < -0.3 is 14.4 Å². The van der Waals surface area contributed by atoms with E-state index in [0.717, 1.165) is 55.5 Å². The second-order valence-electron chi connectivity index (χ2n) is 8.62. The molecule has 2 aliphatic rings. The Kier molecular flexibility index (Phi) is 5.70. The van der Waals surface area contributed by atoms with Crippen molar-refractivity contribution in [2.75, 3.05) is 37.9 Å². The van der Waals surface area contributed by atoms with E-state index in [0.29, 0.717) is 6.54 Å². The fourth-order valence-corrected chi connectivity index (χ4v) is 4.71. The number of hydrogen-bond donors (Lipinski definition) is 0. The van der Waals surface area contributed by atoms with Gasteiger partial charge in [-0.2, -0.15) is 0 Å². The van der Waals surface area contributed by atoms with Gasteiger partial charge in [-0.15, -0.1) is 5.10 Å². The SMILES string of the molecule is CC[C@@H](c1nnnn1Cc1ccc2c(c1)OCO2)N1CCN(c2cc(C)ccc2C)CC1. The quantitative estimate of drug-likeness (QED) is 0.589. The summed E-state index contributed by atoms with van der Waals surface area (Å²) in [5.41, 5.74) is 5.09. The van der Waals surface area contributed by atoms with E-state index < -0.39 is 0 Å². The maximum atomic E-state index is 5.52. The van der Waals surface area contributed by atoms with Gasteiger partial charge in [0.1, 0.15) is 0 Å². The monoisotopic (exact) mass is 434 g/mol. The number of fused-ring (bicyclic) bond motifs is 1. The van der Waals surface area contributed by atoms with Crippen LogP contribution in [0.15, 0.2) is 36.4 Å². The molecule has 0 bridgehead atoms. The van der Waals surface area contributed by atoms with Crippen molar-refractivity contribution in [3.63, 3.8) is 0 Å². The number of piperazine rings is 1. The molecule has 1 saturated heterocycles. The number of nitrogens with zero attached hydrogens (tertiary/aromatic N) is 6. The van der Waals surface area contributed by atoms with Gasteiger partial charge in [0.05, 0.1) is 12.6 Å². The van der Waals surface area contributed by atoms with E-state index in [2.05, 4.69) is 64.3 Å². The first-order valence-electron chi connectivity index (χ1n) is 11.3. The third-order valence-electron chi connectivity index (χ3n) is 6.47. The largest absolute Gasteiger partial charge is 0.454 e. The molecular weight excluding hydrogens is 404 g/mol. The standard InChI is InChI=1S/C24H30N6O2/c1-4-20(28-9-11-29(12-10-28)21-13-17(2)5-6-18(21)3)24-25-26-27-30(24)15-19-7-8-22-23(14-19)32-16-31-22/h5-8,13-14,20H,4,9-12,15-16H2,1-3H3/t20-/m0/s1. The van der Waals surface area contributed by atoms with E-state index in [9.17, 15) is 0 Å². The Labute approximate surface area is 188 Å². The van der Waals surface area contributed by atoms with Crippen LogP contribution in [0.4, 0.5) is 5.69 Å². The van der Waals surface area contributed by atoms with Crippen LogP contribution in [0, 0.1) is 13.8 Å². The maximum absolute atomic E-state index is 5.52. The first kappa shape index (κ1) is 20.8. The summed E-state index contributed by atoms with van der Waals surface area (Å²) in [5.74, 6) is 2.50. The zero-order valence-corrected chi connectivity index (χ0v) is 19.0. The van der Waals surface area contributed by atoms with Gasteiger partial charge in [0, 0.05) is 31.9 Å². The average Bonchev–Trinajstić information content (AvgIpc) is 3.46. The van der Waals surface area contributed by atoms with Crippen molar-refractivity contribution in [3.8, 4) is 11.5 Å². The molecule has 3 heterocycles. The second-order valence-corrected chi connectivity index (χ2v) is 8.62. The first-order valence-corrected chi connectivity index (χ1v) is 11.3. The molecule has 168 valence electrons. The molecule has 0 unspecified atom stereocenters. The number of aryl methyl sites for hydroxylation is 2. The summed E-state index contributed by atoms with van der Waals surface area (Å²) in [5, 5.41) is 12.7. The van der Waals surface area contributed by atoms with Crippen LogP contribution in [0.3, 0.4) is 0 Å². The van der Waals surface area contributed by atoms with Crippen molar-refractivity contribution >= 4 is 5.69 Å². The highest BCUT2D eigenvalue weighted by Gasteiger charge is 2.28. The zero-order chi connectivity index (χ0) is 22.1. The van der Waals surface area contributed by atoms with Crippen LogP contribution in [0.1, 0.15) is 41.9 Å².